The molecule has 0 atom stereocenters. The van der Waals surface area contributed by atoms with E-state index in [0.717, 1.165) is 39.5 Å². The molecule has 4 heteroatoms. The van der Waals surface area contributed by atoms with Crippen molar-refractivity contribution >= 4 is 67.0 Å². The molecule has 0 aliphatic carbocycles. The Morgan fingerprint density at radius 2 is 1.00 bits per heavy atom. The monoisotopic (exact) mass is 704 g/mol. The quantitative estimate of drug-likeness (QED) is 0.122. The average molecular weight is 705 g/mol. The van der Waals surface area contributed by atoms with Crippen molar-refractivity contribution in [1.82, 2.24) is 9.13 Å². The number of fused-ring (bicyclic) bond motifs is 6. The molecule has 4 nitrogen and oxygen atoms in total. The van der Waals surface area contributed by atoms with Gasteiger partial charge in [0.05, 0.1) is 33.4 Å². The lowest BCUT2D eigenvalue weighted by molar-refractivity contribution is 1.18. The normalized spacial score (nSPS) is 12.1. The van der Waals surface area contributed by atoms with Crippen LogP contribution < -0.4 is 0 Å². The number of hydrogen-bond donors (Lipinski definition) is 0. The van der Waals surface area contributed by atoms with Crippen LogP contribution in [0.2, 0.25) is 0 Å². The first-order chi connectivity index (χ1) is 27.2. The summed E-state index contributed by atoms with van der Waals surface area (Å²) in [7, 11) is 0. The fourth-order valence-corrected chi connectivity index (χ4v) is 7.95. The number of hydrogen-bond acceptors (Lipinski definition) is 2. The molecule has 0 fully saturated rings. The van der Waals surface area contributed by atoms with E-state index in [0.29, 0.717) is 0 Å². The van der Waals surface area contributed by atoms with Crippen LogP contribution in [-0.2, 0) is 0 Å². The van der Waals surface area contributed by atoms with Crippen LogP contribution in [0.25, 0.3) is 71.6 Å². The molecule has 0 amide bonds. The second kappa shape index (κ2) is 13.6. The summed E-state index contributed by atoms with van der Waals surface area (Å²) in [5.74, 6) is 0.883. The summed E-state index contributed by atoms with van der Waals surface area (Å²) in [6.07, 6.45) is 1.90. The number of aliphatic imine (C=N–C) groups is 2. The zero-order valence-electron chi connectivity index (χ0n) is 30.3. The molecule has 10 rings (SSSR count). The van der Waals surface area contributed by atoms with Crippen LogP contribution >= 0.6 is 0 Å². The smallest absolute Gasteiger partial charge is 0.111 e. The van der Waals surface area contributed by atoms with E-state index in [1.54, 1.807) is 0 Å². The molecular weight excluding hydrogens is 669 g/mol. The minimum absolute atomic E-state index is 0.869. The molecule has 0 bridgehead atoms. The van der Waals surface area contributed by atoms with E-state index in [9.17, 15) is 0 Å². The van der Waals surface area contributed by atoms with Crippen LogP contribution in [0.4, 0.5) is 11.4 Å². The predicted octanol–water partition coefficient (Wildman–Crippen LogP) is 13.6. The summed E-state index contributed by atoms with van der Waals surface area (Å²) in [6.45, 7) is 2.10. The minimum Gasteiger partial charge on any atom is -0.309 e. The molecule has 55 heavy (non-hydrogen) atoms. The Morgan fingerprint density at radius 3 is 1.78 bits per heavy atom. The first-order valence-electron chi connectivity index (χ1n) is 18.7. The first kappa shape index (κ1) is 32.4. The summed E-state index contributed by atoms with van der Waals surface area (Å²) in [5.41, 5.74) is 13.2. The number of benzene rings is 8. The number of rotatable bonds is 6. The third-order valence-electron chi connectivity index (χ3n) is 10.5. The second-order valence-corrected chi connectivity index (χ2v) is 13.9. The van der Waals surface area contributed by atoms with Gasteiger partial charge in [-0.1, -0.05) is 127 Å². The Hall–Kier alpha value is -7.30. The highest BCUT2D eigenvalue weighted by Gasteiger charge is 2.17. The summed E-state index contributed by atoms with van der Waals surface area (Å²) >= 11 is 0. The van der Waals surface area contributed by atoms with Crippen molar-refractivity contribution in [2.45, 2.75) is 6.92 Å². The highest BCUT2D eigenvalue weighted by Crippen LogP contribution is 2.38. The fraction of sp³-hybridized carbons (Fsp3) is 0.0196. The molecule has 0 aliphatic rings. The molecule has 2 heterocycles. The van der Waals surface area contributed by atoms with E-state index in [2.05, 4.69) is 168 Å². The van der Waals surface area contributed by atoms with Crippen molar-refractivity contribution in [2.75, 3.05) is 0 Å². The third-order valence-corrected chi connectivity index (χ3v) is 10.5. The Labute approximate surface area is 319 Å². The highest BCUT2D eigenvalue weighted by atomic mass is 15.1. The molecule has 2 aromatic heterocycles. The third kappa shape index (κ3) is 5.81. The van der Waals surface area contributed by atoms with Gasteiger partial charge >= 0.3 is 0 Å². The maximum absolute atomic E-state index is 5.27. The first-order valence-corrected chi connectivity index (χ1v) is 18.7. The van der Waals surface area contributed by atoms with Gasteiger partial charge in [-0.25, -0.2) is 4.99 Å². The number of nitrogens with zero attached hydrogens (tertiary/aromatic N) is 4. The number of aromatic nitrogens is 2. The molecule has 0 spiro atoms. The van der Waals surface area contributed by atoms with Gasteiger partial charge in [-0.05, 0) is 95.9 Å². The lowest BCUT2D eigenvalue weighted by Gasteiger charge is -2.10. The number of para-hydroxylation sites is 4. The van der Waals surface area contributed by atoms with E-state index in [1.165, 1.54) is 54.8 Å². The Kier molecular flexibility index (Phi) is 8.00. The Bertz CT molecular complexity index is 3080. The topological polar surface area (TPSA) is 34.6 Å². The van der Waals surface area contributed by atoms with E-state index in [-0.39, 0.29) is 0 Å². The van der Waals surface area contributed by atoms with Crippen LogP contribution in [0.3, 0.4) is 0 Å². The molecule has 0 unspecified atom stereocenters. The SMILES string of the molecule is C/C(=N\c1ccccc1/C=N/c1ccccc1)n1c2ccc(-c3ccc4c(c3)c3ccccc3n4-c3ccccc3)cc2c2ccc(-c3ccccc3)cc21. The van der Waals surface area contributed by atoms with Gasteiger partial charge in [-0.3, -0.25) is 9.56 Å². The minimum atomic E-state index is 0.869. The molecule has 8 aromatic carbocycles. The van der Waals surface area contributed by atoms with Crippen LogP contribution in [0.15, 0.2) is 204 Å². The molecule has 260 valence electrons. The van der Waals surface area contributed by atoms with Crippen molar-refractivity contribution in [3.05, 3.63) is 200 Å². The lowest BCUT2D eigenvalue weighted by atomic mass is 9.99. The van der Waals surface area contributed by atoms with Gasteiger partial charge in [0.2, 0.25) is 0 Å². The Morgan fingerprint density at radius 1 is 0.436 bits per heavy atom. The van der Waals surface area contributed by atoms with Crippen molar-refractivity contribution in [3.63, 3.8) is 0 Å². The van der Waals surface area contributed by atoms with Crippen molar-refractivity contribution in [2.24, 2.45) is 9.98 Å². The molecule has 0 aliphatic heterocycles. The summed E-state index contributed by atoms with van der Waals surface area (Å²) in [5, 5.41) is 4.86. The van der Waals surface area contributed by atoms with E-state index >= 15 is 0 Å². The van der Waals surface area contributed by atoms with Crippen LogP contribution in [0.1, 0.15) is 12.5 Å². The summed E-state index contributed by atoms with van der Waals surface area (Å²) < 4.78 is 4.67. The van der Waals surface area contributed by atoms with Crippen molar-refractivity contribution < 1.29 is 0 Å². The van der Waals surface area contributed by atoms with Crippen molar-refractivity contribution in [3.8, 4) is 27.9 Å². The van der Waals surface area contributed by atoms with Gasteiger partial charge in [0.25, 0.3) is 0 Å². The molecule has 0 radical (unpaired) electrons. The molecule has 0 saturated carbocycles. The molecule has 0 N–H and O–H groups in total. The summed E-state index contributed by atoms with van der Waals surface area (Å²) in [4.78, 5) is 10.0. The van der Waals surface area contributed by atoms with Gasteiger partial charge in [0, 0.05) is 39.0 Å². The second-order valence-electron chi connectivity index (χ2n) is 13.9. The molecule has 10 aromatic rings. The van der Waals surface area contributed by atoms with E-state index in [1.807, 2.05) is 48.7 Å². The fourth-order valence-electron chi connectivity index (χ4n) is 7.95. The lowest BCUT2D eigenvalue weighted by Crippen LogP contribution is -2.07. The van der Waals surface area contributed by atoms with Crippen LogP contribution in [0, 0.1) is 0 Å². The highest BCUT2D eigenvalue weighted by molar-refractivity contribution is 6.16. The largest absolute Gasteiger partial charge is 0.309 e. The van der Waals surface area contributed by atoms with Crippen LogP contribution in [0.5, 0.6) is 0 Å². The van der Waals surface area contributed by atoms with Gasteiger partial charge in [-0.15, -0.1) is 0 Å². The Balaban J connectivity index is 1.14. The van der Waals surface area contributed by atoms with Gasteiger partial charge in [0.15, 0.2) is 0 Å². The van der Waals surface area contributed by atoms with Gasteiger partial charge < -0.3 is 4.57 Å². The maximum Gasteiger partial charge on any atom is 0.111 e. The van der Waals surface area contributed by atoms with E-state index in [4.69, 9.17) is 9.98 Å². The predicted molar refractivity (Wildman–Crippen MR) is 233 cm³/mol. The van der Waals surface area contributed by atoms with Crippen LogP contribution in [-0.4, -0.2) is 21.2 Å². The zero-order valence-corrected chi connectivity index (χ0v) is 30.3. The zero-order chi connectivity index (χ0) is 36.7. The van der Waals surface area contributed by atoms with Gasteiger partial charge in [0.1, 0.15) is 5.84 Å². The van der Waals surface area contributed by atoms with Gasteiger partial charge in [-0.2, -0.15) is 0 Å². The molecular formula is C51H36N4. The van der Waals surface area contributed by atoms with Crippen molar-refractivity contribution in [1.29, 1.82) is 0 Å². The summed E-state index contributed by atoms with van der Waals surface area (Å²) in [6, 6.07) is 68.7. The maximum atomic E-state index is 5.27. The standard InChI is InChI=1S/C51H36N4/c1-35(53-47-23-13-11-17-40(47)34-52-41-18-7-3-8-19-41)54-49-29-26-37(32-46(49)44-28-25-39(33-51(44)54)36-15-5-2-6-16-36)38-27-30-50-45(31-38)43-22-12-14-24-48(43)55(50)42-20-9-4-10-21-42/h2-34H,1H3/b52-34+,53-35+. The molecule has 0 saturated heterocycles. The average Bonchev–Trinajstić information content (AvgIpc) is 3.76. The van der Waals surface area contributed by atoms with E-state index < -0.39 is 0 Å².